The highest BCUT2D eigenvalue weighted by Crippen LogP contribution is 2.33. The van der Waals surface area contributed by atoms with Gasteiger partial charge in [0.05, 0.1) is 5.69 Å². The Bertz CT molecular complexity index is 280. The molecular formula is C9H12N2S. The maximum Gasteiger partial charge on any atom is 0.183 e. The van der Waals surface area contributed by atoms with Crippen molar-refractivity contribution in [2.45, 2.75) is 38.1 Å². The summed E-state index contributed by atoms with van der Waals surface area (Å²) >= 11 is 1.87. The number of hydrogen-bond acceptors (Lipinski definition) is 3. The molecule has 0 spiro atoms. The second kappa shape index (κ2) is 2.46. The summed E-state index contributed by atoms with van der Waals surface area (Å²) in [7, 11) is 0. The molecule has 1 N–H and O–H groups in total. The van der Waals surface area contributed by atoms with Gasteiger partial charge in [-0.15, -0.1) is 11.3 Å². The standard InChI is InChI=1S/C9H12N2S/c1-2-7-8(3-1)12-9(11-7)10-6-4-5-6/h6H,1-5H2,(H,10,11). The van der Waals surface area contributed by atoms with Crippen LogP contribution in [0.2, 0.25) is 0 Å². The number of aryl methyl sites for hydroxylation is 2. The molecule has 1 heterocycles. The smallest absolute Gasteiger partial charge is 0.183 e. The SMILES string of the molecule is C1Cc2nc(NC3CC3)sc2C1. The van der Waals surface area contributed by atoms with Crippen LogP contribution < -0.4 is 5.32 Å². The minimum absolute atomic E-state index is 0.747. The summed E-state index contributed by atoms with van der Waals surface area (Å²) in [6, 6.07) is 0.747. The Morgan fingerprint density at radius 3 is 3.00 bits per heavy atom. The average molecular weight is 180 g/mol. The van der Waals surface area contributed by atoms with Crippen LogP contribution in [0.5, 0.6) is 0 Å². The number of thiazole rings is 1. The minimum atomic E-state index is 0.747. The molecule has 0 saturated heterocycles. The lowest BCUT2D eigenvalue weighted by atomic mass is 10.4. The first kappa shape index (κ1) is 6.89. The molecule has 1 aromatic heterocycles. The lowest BCUT2D eigenvalue weighted by Crippen LogP contribution is -1.99. The first-order valence-corrected chi connectivity index (χ1v) is 5.48. The molecule has 2 aliphatic rings. The number of nitrogens with one attached hydrogen (secondary N) is 1. The normalized spacial score (nSPS) is 21.0. The second-order valence-corrected chi connectivity index (χ2v) is 4.74. The Morgan fingerprint density at radius 2 is 2.25 bits per heavy atom. The highest BCUT2D eigenvalue weighted by molar-refractivity contribution is 7.15. The van der Waals surface area contributed by atoms with E-state index in [0.717, 1.165) is 6.04 Å². The highest BCUT2D eigenvalue weighted by atomic mass is 32.1. The molecule has 1 saturated carbocycles. The fourth-order valence-electron chi connectivity index (χ4n) is 1.65. The van der Waals surface area contributed by atoms with Gasteiger partial charge in [-0.05, 0) is 32.1 Å². The summed E-state index contributed by atoms with van der Waals surface area (Å²) in [4.78, 5) is 6.10. The molecule has 3 rings (SSSR count). The highest BCUT2D eigenvalue weighted by Gasteiger charge is 2.24. The number of nitrogens with zero attached hydrogens (tertiary/aromatic N) is 1. The van der Waals surface area contributed by atoms with Gasteiger partial charge >= 0.3 is 0 Å². The molecule has 1 aromatic rings. The molecule has 0 unspecified atom stereocenters. The maximum atomic E-state index is 4.58. The van der Waals surface area contributed by atoms with Crippen LogP contribution in [0.3, 0.4) is 0 Å². The van der Waals surface area contributed by atoms with Crippen molar-refractivity contribution in [2.75, 3.05) is 5.32 Å². The van der Waals surface area contributed by atoms with Gasteiger partial charge in [-0.2, -0.15) is 0 Å². The molecule has 12 heavy (non-hydrogen) atoms. The van der Waals surface area contributed by atoms with E-state index in [9.17, 15) is 0 Å². The summed E-state index contributed by atoms with van der Waals surface area (Å²) in [5.74, 6) is 0. The monoisotopic (exact) mass is 180 g/mol. The summed E-state index contributed by atoms with van der Waals surface area (Å²) in [5, 5.41) is 4.62. The first-order valence-electron chi connectivity index (χ1n) is 4.67. The zero-order valence-corrected chi connectivity index (χ0v) is 7.78. The lowest BCUT2D eigenvalue weighted by Gasteiger charge is -1.96. The van der Waals surface area contributed by atoms with Crippen LogP contribution in [0.4, 0.5) is 5.13 Å². The first-order chi connectivity index (χ1) is 5.92. The van der Waals surface area contributed by atoms with E-state index in [-0.39, 0.29) is 0 Å². The minimum Gasteiger partial charge on any atom is -0.359 e. The van der Waals surface area contributed by atoms with Crippen molar-refractivity contribution in [1.82, 2.24) is 4.98 Å². The average Bonchev–Trinajstić information content (AvgIpc) is 2.56. The van der Waals surface area contributed by atoms with Crippen LogP contribution in [0.15, 0.2) is 0 Å². The van der Waals surface area contributed by atoms with Crippen molar-refractivity contribution < 1.29 is 0 Å². The van der Waals surface area contributed by atoms with E-state index in [1.165, 1.54) is 47.8 Å². The second-order valence-electron chi connectivity index (χ2n) is 3.66. The van der Waals surface area contributed by atoms with Crippen molar-refractivity contribution >= 4 is 16.5 Å². The van der Waals surface area contributed by atoms with E-state index in [1.54, 1.807) is 0 Å². The van der Waals surface area contributed by atoms with Crippen molar-refractivity contribution in [3.8, 4) is 0 Å². The Balaban J connectivity index is 1.82. The van der Waals surface area contributed by atoms with E-state index < -0.39 is 0 Å². The molecule has 64 valence electrons. The van der Waals surface area contributed by atoms with Crippen molar-refractivity contribution in [3.05, 3.63) is 10.6 Å². The summed E-state index contributed by atoms with van der Waals surface area (Å²) in [5.41, 5.74) is 1.36. The Kier molecular flexibility index (Phi) is 1.41. The Labute approximate surface area is 76.0 Å². The van der Waals surface area contributed by atoms with E-state index in [4.69, 9.17) is 0 Å². The van der Waals surface area contributed by atoms with Gasteiger partial charge in [0.25, 0.3) is 0 Å². The van der Waals surface area contributed by atoms with Gasteiger partial charge in [-0.1, -0.05) is 0 Å². The maximum absolute atomic E-state index is 4.58. The van der Waals surface area contributed by atoms with E-state index in [2.05, 4.69) is 10.3 Å². The lowest BCUT2D eigenvalue weighted by molar-refractivity contribution is 0.899. The van der Waals surface area contributed by atoms with Crippen molar-refractivity contribution in [2.24, 2.45) is 0 Å². The molecule has 0 bridgehead atoms. The molecule has 0 aliphatic heterocycles. The fraction of sp³-hybridized carbons (Fsp3) is 0.667. The Morgan fingerprint density at radius 1 is 1.33 bits per heavy atom. The van der Waals surface area contributed by atoms with Crippen LogP contribution in [0, 0.1) is 0 Å². The predicted molar refractivity (Wildman–Crippen MR) is 50.8 cm³/mol. The number of aromatic nitrogens is 1. The van der Waals surface area contributed by atoms with Gasteiger partial charge in [0.2, 0.25) is 0 Å². The quantitative estimate of drug-likeness (QED) is 0.754. The van der Waals surface area contributed by atoms with Crippen molar-refractivity contribution in [1.29, 1.82) is 0 Å². The van der Waals surface area contributed by atoms with Gasteiger partial charge in [0, 0.05) is 10.9 Å². The van der Waals surface area contributed by atoms with E-state index in [1.807, 2.05) is 11.3 Å². The fourth-order valence-corrected chi connectivity index (χ4v) is 2.78. The number of fused-ring (bicyclic) bond motifs is 1. The predicted octanol–water partition coefficient (Wildman–Crippen LogP) is 2.21. The van der Waals surface area contributed by atoms with Crippen molar-refractivity contribution in [3.63, 3.8) is 0 Å². The van der Waals surface area contributed by atoms with Gasteiger partial charge in [0.15, 0.2) is 5.13 Å². The van der Waals surface area contributed by atoms with E-state index >= 15 is 0 Å². The molecule has 1 fully saturated rings. The third-order valence-electron chi connectivity index (χ3n) is 2.50. The molecular weight excluding hydrogens is 168 g/mol. The largest absolute Gasteiger partial charge is 0.359 e. The Hall–Kier alpha value is -0.570. The molecule has 2 aliphatic carbocycles. The van der Waals surface area contributed by atoms with Crippen LogP contribution in [0.25, 0.3) is 0 Å². The number of anilines is 1. The molecule has 0 aromatic carbocycles. The topological polar surface area (TPSA) is 24.9 Å². The van der Waals surface area contributed by atoms with Crippen LogP contribution >= 0.6 is 11.3 Å². The third-order valence-corrected chi connectivity index (χ3v) is 3.59. The molecule has 0 amide bonds. The summed E-state index contributed by atoms with van der Waals surface area (Å²) < 4.78 is 0. The third kappa shape index (κ3) is 1.12. The van der Waals surface area contributed by atoms with Gasteiger partial charge in [-0.3, -0.25) is 0 Å². The summed E-state index contributed by atoms with van der Waals surface area (Å²) in [6.07, 6.45) is 6.46. The molecule has 3 heteroatoms. The van der Waals surface area contributed by atoms with Gasteiger partial charge in [0.1, 0.15) is 0 Å². The van der Waals surface area contributed by atoms with Gasteiger partial charge < -0.3 is 5.32 Å². The zero-order valence-electron chi connectivity index (χ0n) is 6.97. The number of rotatable bonds is 2. The zero-order chi connectivity index (χ0) is 7.97. The van der Waals surface area contributed by atoms with Crippen LogP contribution in [0.1, 0.15) is 29.8 Å². The van der Waals surface area contributed by atoms with E-state index in [0.29, 0.717) is 0 Å². The van der Waals surface area contributed by atoms with Gasteiger partial charge in [-0.25, -0.2) is 4.98 Å². The summed E-state index contributed by atoms with van der Waals surface area (Å²) in [6.45, 7) is 0. The van der Waals surface area contributed by atoms with Crippen LogP contribution in [-0.4, -0.2) is 11.0 Å². The van der Waals surface area contributed by atoms with Crippen LogP contribution in [-0.2, 0) is 12.8 Å². The number of hydrogen-bond donors (Lipinski definition) is 1. The molecule has 0 radical (unpaired) electrons. The molecule has 0 atom stereocenters. The molecule has 2 nitrogen and oxygen atoms in total.